The molecule has 25 heavy (non-hydrogen) atoms. The summed E-state index contributed by atoms with van der Waals surface area (Å²) in [6, 6.07) is 7.12. The lowest BCUT2D eigenvalue weighted by Crippen LogP contribution is -2.22. The van der Waals surface area contributed by atoms with Crippen molar-refractivity contribution in [3.8, 4) is 5.75 Å². The van der Waals surface area contributed by atoms with Gasteiger partial charge in [-0.2, -0.15) is 0 Å². The molecule has 1 aliphatic rings. The summed E-state index contributed by atoms with van der Waals surface area (Å²) in [5.41, 5.74) is 0.855. The number of benzene rings is 1. The molecule has 0 spiro atoms. The van der Waals surface area contributed by atoms with Gasteiger partial charge in [0.2, 0.25) is 0 Å². The number of nitrogens with one attached hydrogen (secondary N) is 1. The average Bonchev–Trinajstić information content (AvgIpc) is 3.19. The molecular formula is C16H13N3O3S3. The molecule has 1 aliphatic heterocycles. The van der Waals surface area contributed by atoms with Crippen molar-refractivity contribution in [2.75, 3.05) is 19.0 Å². The molecule has 3 rings (SSSR count). The molecule has 0 aliphatic carbocycles. The van der Waals surface area contributed by atoms with Crippen molar-refractivity contribution in [3.05, 3.63) is 46.3 Å². The largest absolute Gasteiger partial charge is 0.484 e. The fourth-order valence-electron chi connectivity index (χ4n) is 1.95. The second-order valence-corrected chi connectivity index (χ2v) is 7.55. The summed E-state index contributed by atoms with van der Waals surface area (Å²) in [6.07, 6.45) is 3.40. The highest BCUT2D eigenvalue weighted by atomic mass is 32.2. The van der Waals surface area contributed by atoms with Gasteiger partial charge in [0.15, 0.2) is 11.7 Å². The van der Waals surface area contributed by atoms with E-state index < -0.39 is 0 Å². The first-order valence-corrected chi connectivity index (χ1v) is 9.27. The van der Waals surface area contributed by atoms with E-state index >= 15 is 0 Å². The van der Waals surface area contributed by atoms with Gasteiger partial charge in [-0.05, 0) is 23.8 Å². The molecule has 6 nitrogen and oxygen atoms in total. The molecule has 1 fully saturated rings. The molecule has 2 aromatic rings. The number of anilines is 1. The molecule has 1 aromatic heterocycles. The van der Waals surface area contributed by atoms with Gasteiger partial charge in [0.05, 0.1) is 4.91 Å². The number of nitrogens with zero attached hydrogens (tertiary/aromatic N) is 2. The van der Waals surface area contributed by atoms with Crippen LogP contribution in [0.1, 0.15) is 5.56 Å². The van der Waals surface area contributed by atoms with E-state index in [0.717, 1.165) is 5.56 Å². The fraction of sp³-hybridized carbons (Fsp3) is 0.125. The third-order valence-corrected chi connectivity index (χ3v) is 5.39. The van der Waals surface area contributed by atoms with Gasteiger partial charge in [0.1, 0.15) is 10.1 Å². The van der Waals surface area contributed by atoms with Crippen LogP contribution in [0.4, 0.5) is 5.13 Å². The van der Waals surface area contributed by atoms with Crippen LogP contribution in [0.3, 0.4) is 0 Å². The van der Waals surface area contributed by atoms with E-state index in [1.807, 2.05) is 12.1 Å². The Kier molecular flexibility index (Phi) is 5.47. The molecule has 0 bridgehead atoms. The van der Waals surface area contributed by atoms with Gasteiger partial charge in [-0.15, -0.1) is 11.3 Å². The highest BCUT2D eigenvalue weighted by Crippen LogP contribution is 2.31. The second kappa shape index (κ2) is 7.77. The van der Waals surface area contributed by atoms with Crippen molar-refractivity contribution in [1.29, 1.82) is 0 Å². The third kappa shape index (κ3) is 4.44. The molecule has 0 saturated carbocycles. The first-order valence-electron chi connectivity index (χ1n) is 7.17. The maximum absolute atomic E-state index is 12.0. The number of rotatable bonds is 5. The Morgan fingerprint density at radius 2 is 2.16 bits per heavy atom. The van der Waals surface area contributed by atoms with Crippen LogP contribution in [0.25, 0.3) is 6.08 Å². The Labute approximate surface area is 157 Å². The number of amides is 2. The first kappa shape index (κ1) is 17.6. The van der Waals surface area contributed by atoms with Crippen molar-refractivity contribution in [3.63, 3.8) is 0 Å². The van der Waals surface area contributed by atoms with Gasteiger partial charge in [-0.25, -0.2) is 4.98 Å². The molecule has 9 heteroatoms. The summed E-state index contributed by atoms with van der Waals surface area (Å²) < 4.78 is 5.98. The van der Waals surface area contributed by atoms with Crippen molar-refractivity contribution in [2.24, 2.45) is 0 Å². The fourth-order valence-corrected chi connectivity index (χ4v) is 3.67. The Bertz CT molecular complexity index is 832. The molecule has 0 unspecified atom stereocenters. The summed E-state index contributed by atoms with van der Waals surface area (Å²) in [6.45, 7) is -0.104. The molecule has 1 N–H and O–H groups in total. The Hall–Kier alpha value is -2.23. The van der Waals surface area contributed by atoms with Crippen LogP contribution in [0, 0.1) is 0 Å². The second-order valence-electron chi connectivity index (χ2n) is 4.98. The lowest BCUT2D eigenvalue weighted by molar-refractivity contribution is -0.121. The van der Waals surface area contributed by atoms with Crippen LogP contribution >= 0.6 is 35.3 Å². The van der Waals surface area contributed by atoms with Crippen molar-refractivity contribution in [1.82, 2.24) is 9.88 Å². The Morgan fingerprint density at radius 3 is 2.76 bits per heavy atom. The third-order valence-electron chi connectivity index (χ3n) is 3.21. The molecule has 2 amide bonds. The van der Waals surface area contributed by atoms with Crippen LogP contribution in [0.2, 0.25) is 0 Å². The zero-order valence-corrected chi connectivity index (χ0v) is 15.5. The summed E-state index contributed by atoms with van der Waals surface area (Å²) in [4.78, 5) is 29.7. The van der Waals surface area contributed by atoms with E-state index in [2.05, 4.69) is 10.3 Å². The van der Waals surface area contributed by atoms with Crippen molar-refractivity contribution in [2.45, 2.75) is 0 Å². The lowest BCUT2D eigenvalue weighted by Gasteiger charge is -2.06. The van der Waals surface area contributed by atoms with Crippen molar-refractivity contribution >= 4 is 62.7 Å². The van der Waals surface area contributed by atoms with Gasteiger partial charge >= 0.3 is 0 Å². The normalized spacial score (nSPS) is 15.7. The number of thiocarbonyl (C=S) groups is 1. The summed E-state index contributed by atoms with van der Waals surface area (Å²) >= 11 is 7.72. The summed E-state index contributed by atoms with van der Waals surface area (Å²) in [7, 11) is 1.66. The maximum Gasteiger partial charge on any atom is 0.265 e. The highest BCUT2D eigenvalue weighted by Gasteiger charge is 2.28. The standard InChI is InChI=1S/C16H13N3O3S3/c1-19-14(21)12(25-16(19)23)8-10-2-4-11(5-3-10)22-9-13(20)18-15-17-6-7-24-15/h2-8H,9H2,1H3,(H,17,18,20)/b12-8-. The number of aromatic nitrogens is 1. The lowest BCUT2D eigenvalue weighted by atomic mass is 10.2. The van der Waals surface area contributed by atoms with Gasteiger partial charge in [0.25, 0.3) is 11.8 Å². The molecule has 128 valence electrons. The van der Waals surface area contributed by atoms with Crippen LogP contribution in [0.15, 0.2) is 40.7 Å². The number of thioether (sulfide) groups is 1. The van der Waals surface area contributed by atoms with E-state index in [0.29, 0.717) is 20.1 Å². The van der Waals surface area contributed by atoms with Crippen molar-refractivity contribution < 1.29 is 14.3 Å². The average molecular weight is 391 g/mol. The van der Waals surface area contributed by atoms with Crippen LogP contribution in [-0.4, -0.2) is 39.7 Å². The maximum atomic E-state index is 12.0. The van der Waals surface area contributed by atoms with Crippen LogP contribution in [-0.2, 0) is 9.59 Å². The number of hydrogen-bond acceptors (Lipinski definition) is 7. The van der Waals surface area contributed by atoms with Gasteiger partial charge < -0.3 is 4.74 Å². The van der Waals surface area contributed by atoms with Gasteiger partial charge in [-0.1, -0.05) is 36.1 Å². The zero-order chi connectivity index (χ0) is 17.8. The van der Waals surface area contributed by atoms with E-state index in [9.17, 15) is 9.59 Å². The van der Waals surface area contributed by atoms with E-state index in [-0.39, 0.29) is 18.4 Å². The molecular weight excluding hydrogens is 378 g/mol. The number of likely N-dealkylation sites (N-methyl/N-ethyl adjacent to an activating group) is 1. The number of thiazole rings is 1. The summed E-state index contributed by atoms with van der Waals surface area (Å²) in [5.74, 6) is 0.189. The first-order chi connectivity index (χ1) is 12.0. The monoisotopic (exact) mass is 391 g/mol. The molecule has 2 heterocycles. The van der Waals surface area contributed by atoms with Crippen LogP contribution in [0.5, 0.6) is 5.75 Å². The highest BCUT2D eigenvalue weighted by molar-refractivity contribution is 8.26. The topological polar surface area (TPSA) is 71.5 Å². The quantitative estimate of drug-likeness (QED) is 0.624. The SMILES string of the molecule is CN1C(=O)/C(=C/c2ccc(OCC(=O)Nc3nccs3)cc2)SC1=S. The van der Waals surface area contributed by atoms with E-state index in [4.69, 9.17) is 17.0 Å². The van der Waals surface area contributed by atoms with Crippen LogP contribution < -0.4 is 10.1 Å². The summed E-state index contributed by atoms with van der Waals surface area (Å²) in [5, 5.41) is 4.96. The zero-order valence-electron chi connectivity index (χ0n) is 13.1. The minimum Gasteiger partial charge on any atom is -0.484 e. The predicted octanol–water partition coefficient (Wildman–Crippen LogP) is 2.99. The van der Waals surface area contributed by atoms with Gasteiger partial charge in [-0.3, -0.25) is 19.8 Å². The Balaban J connectivity index is 1.56. The van der Waals surface area contributed by atoms with E-state index in [1.165, 1.54) is 28.0 Å². The molecule has 0 radical (unpaired) electrons. The number of ether oxygens (including phenoxy) is 1. The minimum atomic E-state index is -0.273. The number of carbonyl (C=O) groups excluding carboxylic acids is 2. The molecule has 0 atom stereocenters. The predicted molar refractivity (Wildman–Crippen MR) is 104 cm³/mol. The minimum absolute atomic E-state index is 0.103. The number of hydrogen-bond donors (Lipinski definition) is 1. The van der Waals surface area contributed by atoms with E-state index in [1.54, 1.807) is 36.8 Å². The Morgan fingerprint density at radius 1 is 1.40 bits per heavy atom. The number of carbonyl (C=O) groups is 2. The molecule has 1 aromatic carbocycles. The molecule has 1 saturated heterocycles. The van der Waals surface area contributed by atoms with Gasteiger partial charge in [0, 0.05) is 18.6 Å². The smallest absolute Gasteiger partial charge is 0.265 e.